The lowest BCUT2D eigenvalue weighted by Crippen LogP contribution is -2.17. The Morgan fingerprint density at radius 1 is 1.38 bits per heavy atom. The Hall–Kier alpha value is -0.300. The van der Waals surface area contributed by atoms with Crippen LogP contribution in [0.25, 0.3) is 0 Å². The summed E-state index contributed by atoms with van der Waals surface area (Å²) in [7, 11) is 0. The fourth-order valence-electron chi connectivity index (χ4n) is 1.14. The fourth-order valence-corrected chi connectivity index (χ4v) is 1.14. The lowest BCUT2D eigenvalue weighted by atomic mass is 9.79. The molecule has 0 spiro atoms. The molecule has 0 bridgehead atoms. The average Bonchev–Trinajstić information content (AvgIpc) is 1.99. The number of aliphatic hydroxyl groups excluding tert-OH is 1. The predicted octanol–water partition coefficient (Wildman–Crippen LogP) is 3.39. The largest absolute Gasteiger partial charge is 0.392 e. The Morgan fingerprint density at radius 3 is 2.31 bits per heavy atom. The van der Waals surface area contributed by atoms with Gasteiger partial charge in [0.15, 0.2) is 0 Å². The van der Waals surface area contributed by atoms with E-state index in [9.17, 15) is 0 Å². The molecule has 0 heterocycles. The van der Waals surface area contributed by atoms with Crippen LogP contribution in [0.15, 0.2) is 11.6 Å². The van der Waals surface area contributed by atoms with Crippen molar-refractivity contribution in [3.05, 3.63) is 11.6 Å². The van der Waals surface area contributed by atoms with Crippen molar-refractivity contribution in [2.24, 2.45) is 11.3 Å². The summed E-state index contributed by atoms with van der Waals surface area (Å²) in [4.78, 5) is 0. The molecule has 0 amide bonds. The van der Waals surface area contributed by atoms with Crippen LogP contribution in [0.4, 0.5) is 0 Å². The molecule has 0 aliphatic rings. The van der Waals surface area contributed by atoms with Crippen LogP contribution in [0, 0.1) is 11.3 Å². The quantitative estimate of drug-likeness (QED) is 0.664. The van der Waals surface area contributed by atoms with Gasteiger partial charge in [-0.05, 0) is 31.1 Å². The molecule has 1 unspecified atom stereocenters. The molecule has 0 fully saturated rings. The molecule has 78 valence electrons. The lowest BCUT2D eigenvalue weighted by molar-refractivity contribution is 0.247. The van der Waals surface area contributed by atoms with Crippen LogP contribution in [-0.2, 0) is 0 Å². The van der Waals surface area contributed by atoms with E-state index in [-0.39, 0.29) is 6.61 Å². The standard InChI is InChI=1S/C12H24O/c1-10(8-9-13)6-7-11(2)12(3,4)5/h8,11,13H,6-7,9H2,1-5H3/b10-8-. The molecule has 0 rings (SSSR count). The van der Waals surface area contributed by atoms with Crippen LogP contribution >= 0.6 is 0 Å². The van der Waals surface area contributed by atoms with Crippen LogP contribution in [0.2, 0.25) is 0 Å². The number of aliphatic hydroxyl groups is 1. The molecule has 1 heteroatoms. The Balaban J connectivity index is 3.83. The number of rotatable bonds is 4. The summed E-state index contributed by atoms with van der Waals surface area (Å²) in [5, 5.41) is 8.69. The van der Waals surface area contributed by atoms with Crippen LogP contribution in [0.3, 0.4) is 0 Å². The summed E-state index contributed by atoms with van der Waals surface area (Å²) >= 11 is 0. The van der Waals surface area contributed by atoms with Gasteiger partial charge in [-0.15, -0.1) is 0 Å². The van der Waals surface area contributed by atoms with E-state index in [1.165, 1.54) is 12.0 Å². The minimum absolute atomic E-state index is 0.176. The van der Waals surface area contributed by atoms with Gasteiger partial charge in [0.2, 0.25) is 0 Å². The molecule has 0 aromatic rings. The third kappa shape index (κ3) is 5.87. The van der Waals surface area contributed by atoms with E-state index < -0.39 is 0 Å². The van der Waals surface area contributed by atoms with E-state index in [2.05, 4.69) is 34.6 Å². The third-order valence-electron chi connectivity index (χ3n) is 2.89. The highest BCUT2D eigenvalue weighted by atomic mass is 16.2. The van der Waals surface area contributed by atoms with Gasteiger partial charge in [0.05, 0.1) is 6.61 Å². The van der Waals surface area contributed by atoms with Gasteiger partial charge in [-0.3, -0.25) is 0 Å². The molecule has 0 aliphatic carbocycles. The summed E-state index contributed by atoms with van der Waals surface area (Å²) in [6.07, 6.45) is 4.22. The maximum atomic E-state index is 8.69. The normalized spacial score (nSPS) is 16.0. The number of hydrogen-bond acceptors (Lipinski definition) is 1. The van der Waals surface area contributed by atoms with Gasteiger partial charge in [0.1, 0.15) is 0 Å². The lowest BCUT2D eigenvalue weighted by Gasteiger charge is -2.27. The number of allylic oxidation sites excluding steroid dienone is 1. The van der Waals surface area contributed by atoms with E-state index in [1.54, 1.807) is 0 Å². The molecule has 0 radical (unpaired) electrons. The summed E-state index contributed by atoms with van der Waals surface area (Å²) in [6.45, 7) is 11.4. The molecule has 0 aromatic heterocycles. The van der Waals surface area contributed by atoms with E-state index >= 15 is 0 Å². The van der Waals surface area contributed by atoms with Gasteiger partial charge in [-0.2, -0.15) is 0 Å². The second kappa shape index (κ2) is 5.43. The van der Waals surface area contributed by atoms with Gasteiger partial charge in [-0.1, -0.05) is 39.3 Å². The molecule has 0 saturated carbocycles. The Kier molecular flexibility index (Phi) is 5.31. The molecule has 1 nitrogen and oxygen atoms in total. The SMILES string of the molecule is C/C(=C/CO)CCC(C)C(C)(C)C. The summed E-state index contributed by atoms with van der Waals surface area (Å²) in [6, 6.07) is 0. The first-order chi connectivity index (χ1) is 5.88. The highest BCUT2D eigenvalue weighted by Gasteiger charge is 2.19. The fraction of sp³-hybridized carbons (Fsp3) is 0.833. The minimum Gasteiger partial charge on any atom is -0.392 e. The van der Waals surface area contributed by atoms with Gasteiger partial charge in [-0.25, -0.2) is 0 Å². The van der Waals surface area contributed by atoms with Crippen LogP contribution in [0.5, 0.6) is 0 Å². The summed E-state index contributed by atoms with van der Waals surface area (Å²) < 4.78 is 0. The second-order valence-corrected chi connectivity index (χ2v) is 5.04. The Bertz CT molecular complexity index is 162. The average molecular weight is 184 g/mol. The molecule has 1 atom stereocenters. The first kappa shape index (κ1) is 12.7. The first-order valence-electron chi connectivity index (χ1n) is 5.14. The Labute approximate surface area is 82.9 Å². The van der Waals surface area contributed by atoms with E-state index in [4.69, 9.17) is 5.11 Å². The van der Waals surface area contributed by atoms with Crippen molar-refractivity contribution < 1.29 is 5.11 Å². The van der Waals surface area contributed by atoms with Crippen molar-refractivity contribution in [1.82, 2.24) is 0 Å². The smallest absolute Gasteiger partial charge is 0.0614 e. The van der Waals surface area contributed by atoms with Gasteiger partial charge in [0.25, 0.3) is 0 Å². The van der Waals surface area contributed by atoms with E-state index in [0.29, 0.717) is 5.41 Å². The highest BCUT2D eigenvalue weighted by molar-refractivity contribution is 4.98. The highest BCUT2D eigenvalue weighted by Crippen LogP contribution is 2.29. The van der Waals surface area contributed by atoms with Crippen molar-refractivity contribution in [2.75, 3.05) is 6.61 Å². The van der Waals surface area contributed by atoms with Crippen LogP contribution < -0.4 is 0 Å². The van der Waals surface area contributed by atoms with E-state index in [0.717, 1.165) is 12.3 Å². The van der Waals surface area contributed by atoms with Crippen LogP contribution in [-0.4, -0.2) is 11.7 Å². The van der Waals surface area contributed by atoms with Crippen molar-refractivity contribution in [3.8, 4) is 0 Å². The van der Waals surface area contributed by atoms with E-state index in [1.807, 2.05) is 6.08 Å². The third-order valence-corrected chi connectivity index (χ3v) is 2.89. The van der Waals surface area contributed by atoms with Crippen molar-refractivity contribution in [3.63, 3.8) is 0 Å². The molecule has 0 saturated heterocycles. The molecule has 13 heavy (non-hydrogen) atoms. The monoisotopic (exact) mass is 184 g/mol. The number of hydrogen-bond donors (Lipinski definition) is 1. The Morgan fingerprint density at radius 2 is 1.92 bits per heavy atom. The second-order valence-electron chi connectivity index (χ2n) is 5.04. The molecular formula is C12H24O. The zero-order valence-electron chi connectivity index (χ0n) is 9.72. The maximum absolute atomic E-state index is 8.69. The summed E-state index contributed by atoms with van der Waals surface area (Å²) in [5.74, 6) is 0.731. The summed E-state index contributed by atoms with van der Waals surface area (Å²) in [5.41, 5.74) is 1.71. The maximum Gasteiger partial charge on any atom is 0.0614 e. The van der Waals surface area contributed by atoms with Crippen molar-refractivity contribution in [2.45, 2.75) is 47.5 Å². The minimum atomic E-state index is 0.176. The predicted molar refractivity (Wildman–Crippen MR) is 58.7 cm³/mol. The zero-order chi connectivity index (χ0) is 10.5. The van der Waals surface area contributed by atoms with Crippen molar-refractivity contribution >= 4 is 0 Å². The molecular weight excluding hydrogens is 160 g/mol. The molecule has 0 aliphatic heterocycles. The van der Waals surface area contributed by atoms with Crippen LogP contribution in [0.1, 0.15) is 47.5 Å². The molecule has 1 N–H and O–H groups in total. The van der Waals surface area contributed by atoms with Gasteiger partial charge < -0.3 is 5.11 Å². The zero-order valence-corrected chi connectivity index (χ0v) is 9.72. The van der Waals surface area contributed by atoms with Crippen molar-refractivity contribution in [1.29, 1.82) is 0 Å². The topological polar surface area (TPSA) is 20.2 Å². The molecule has 0 aromatic carbocycles. The van der Waals surface area contributed by atoms with Gasteiger partial charge in [0, 0.05) is 0 Å². The van der Waals surface area contributed by atoms with Gasteiger partial charge >= 0.3 is 0 Å². The first-order valence-corrected chi connectivity index (χ1v) is 5.14.